The van der Waals surface area contributed by atoms with Crippen LogP contribution in [0.1, 0.15) is 18.9 Å². The summed E-state index contributed by atoms with van der Waals surface area (Å²) >= 11 is 0. The second kappa shape index (κ2) is 8.05. The average Bonchev–Trinajstić information content (AvgIpc) is 2.75. The predicted octanol–water partition coefficient (Wildman–Crippen LogP) is 6.09. The molecular weight excluding hydrogens is 344 g/mol. The molecular formula is C25H22N2O. The fraction of sp³-hybridized carbons (Fsp3) is 0.120. The number of aryl methyl sites for hydroxylation is 1. The Bertz CT molecular complexity index is 1100. The van der Waals surface area contributed by atoms with Crippen LogP contribution in [0, 0.1) is 0 Å². The van der Waals surface area contributed by atoms with E-state index in [1.807, 2.05) is 30.3 Å². The first-order valence-electron chi connectivity index (χ1n) is 9.58. The Balaban J connectivity index is 1.67. The van der Waals surface area contributed by atoms with Gasteiger partial charge in [-0.1, -0.05) is 80.1 Å². The molecule has 0 saturated carbocycles. The molecule has 0 aliphatic carbocycles. The summed E-state index contributed by atoms with van der Waals surface area (Å²) in [5.41, 5.74) is 7.25. The normalized spacial score (nSPS) is 10.8. The first-order chi connectivity index (χ1) is 13.8. The van der Waals surface area contributed by atoms with Crippen LogP contribution < -0.4 is 5.32 Å². The summed E-state index contributed by atoms with van der Waals surface area (Å²) in [6.07, 6.45) is 2.98. The molecule has 1 heterocycles. The van der Waals surface area contributed by atoms with Crippen molar-refractivity contribution in [2.75, 3.05) is 5.32 Å². The lowest BCUT2D eigenvalue weighted by Crippen LogP contribution is -1.97. The average molecular weight is 366 g/mol. The second-order valence-corrected chi connectivity index (χ2v) is 6.86. The molecule has 0 atom stereocenters. The van der Waals surface area contributed by atoms with Crippen molar-refractivity contribution in [3.63, 3.8) is 0 Å². The van der Waals surface area contributed by atoms with E-state index in [0.29, 0.717) is 6.41 Å². The van der Waals surface area contributed by atoms with Crippen molar-refractivity contribution in [2.45, 2.75) is 19.8 Å². The third-order valence-corrected chi connectivity index (χ3v) is 4.94. The molecule has 0 bridgehead atoms. The second-order valence-electron chi connectivity index (χ2n) is 6.86. The minimum Gasteiger partial charge on any atom is -0.328 e. The number of pyridine rings is 1. The number of carbonyl (C=O) groups is 1. The highest BCUT2D eigenvalue weighted by Crippen LogP contribution is 2.29. The van der Waals surface area contributed by atoms with Crippen LogP contribution in [0.15, 0.2) is 78.9 Å². The Labute approximate surface area is 165 Å². The molecule has 1 N–H and O–H groups in total. The maximum atomic E-state index is 11.0. The lowest BCUT2D eigenvalue weighted by molar-refractivity contribution is -0.105. The van der Waals surface area contributed by atoms with Crippen LogP contribution >= 0.6 is 0 Å². The number of nitrogens with one attached hydrogen (secondary N) is 1. The SMILES string of the molecule is CCCc1ccc(-c2ccc(-c3cc(NC=O)c4ccccc4n3)cc2)cc1. The van der Waals surface area contributed by atoms with Gasteiger partial charge in [-0.2, -0.15) is 0 Å². The molecule has 28 heavy (non-hydrogen) atoms. The first kappa shape index (κ1) is 17.9. The lowest BCUT2D eigenvalue weighted by atomic mass is 10.00. The van der Waals surface area contributed by atoms with Crippen molar-refractivity contribution < 1.29 is 4.79 Å². The maximum absolute atomic E-state index is 11.0. The fourth-order valence-electron chi connectivity index (χ4n) is 3.49. The van der Waals surface area contributed by atoms with Crippen LogP contribution in [-0.2, 0) is 11.2 Å². The van der Waals surface area contributed by atoms with E-state index in [4.69, 9.17) is 4.98 Å². The van der Waals surface area contributed by atoms with Gasteiger partial charge in [0.25, 0.3) is 0 Å². The summed E-state index contributed by atoms with van der Waals surface area (Å²) < 4.78 is 0. The number of aromatic nitrogens is 1. The summed E-state index contributed by atoms with van der Waals surface area (Å²) in [7, 11) is 0. The van der Waals surface area contributed by atoms with Crippen molar-refractivity contribution >= 4 is 23.0 Å². The monoisotopic (exact) mass is 366 g/mol. The molecule has 3 aromatic carbocycles. The summed E-state index contributed by atoms with van der Waals surface area (Å²) in [5, 5.41) is 3.73. The van der Waals surface area contributed by atoms with Crippen LogP contribution in [0.3, 0.4) is 0 Å². The number of carbonyl (C=O) groups excluding carboxylic acids is 1. The molecule has 138 valence electrons. The molecule has 3 nitrogen and oxygen atoms in total. The van der Waals surface area contributed by atoms with Gasteiger partial charge in [-0.05, 0) is 35.2 Å². The number of rotatable bonds is 6. The molecule has 0 aliphatic rings. The first-order valence-corrected chi connectivity index (χ1v) is 9.58. The standard InChI is InChI=1S/C25H22N2O/c1-2-5-18-8-10-19(11-9-18)20-12-14-21(15-13-20)24-16-25(26-17-28)22-6-3-4-7-23(22)27-24/h3-4,6-17H,2,5H2,1H3,(H,26,27,28). The quantitative estimate of drug-likeness (QED) is 0.420. The van der Waals surface area contributed by atoms with Crippen LogP contribution in [0.4, 0.5) is 5.69 Å². The summed E-state index contributed by atoms with van der Waals surface area (Å²) in [6.45, 7) is 2.20. The molecule has 1 aromatic heterocycles. The van der Waals surface area contributed by atoms with E-state index in [9.17, 15) is 4.79 Å². The van der Waals surface area contributed by atoms with Crippen LogP contribution in [0.2, 0.25) is 0 Å². The molecule has 4 rings (SSSR count). The molecule has 0 spiro atoms. The van der Waals surface area contributed by atoms with E-state index in [1.165, 1.54) is 16.7 Å². The summed E-state index contributed by atoms with van der Waals surface area (Å²) in [4.78, 5) is 15.8. The predicted molar refractivity (Wildman–Crippen MR) is 116 cm³/mol. The molecule has 4 aromatic rings. The Hall–Kier alpha value is -3.46. The number of hydrogen-bond donors (Lipinski definition) is 1. The molecule has 1 amide bonds. The number of para-hydroxylation sites is 1. The van der Waals surface area contributed by atoms with Crippen molar-refractivity contribution in [1.29, 1.82) is 0 Å². The zero-order chi connectivity index (χ0) is 19.3. The minimum absolute atomic E-state index is 0.705. The van der Waals surface area contributed by atoms with Crippen LogP contribution in [-0.4, -0.2) is 11.4 Å². The fourth-order valence-corrected chi connectivity index (χ4v) is 3.49. The summed E-state index contributed by atoms with van der Waals surface area (Å²) in [5.74, 6) is 0. The number of hydrogen-bond acceptors (Lipinski definition) is 2. The molecule has 0 aliphatic heterocycles. The molecule has 3 heteroatoms. The number of amides is 1. The molecule has 0 unspecified atom stereocenters. The van der Waals surface area contributed by atoms with Gasteiger partial charge in [0.2, 0.25) is 6.41 Å². The smallest absolute Gasteiger partial charge is 0.211 e. The lowest BCUT2D eigenvalue weighted by Gasteiger charge is -2.10. The zero-order valence-electron chi connectivity index (χ0n) is 15.9. The Morgan fingerprint density at radius 1 is 0.857 bits per heavy atom. The van der Waals surface area contributed by atoms with Gasteiger partial charge in [-0.15, -0.1) is 0 Å². The van der Waals surface area contributed by atoms with Crippen molar-refractivity contribution in [1.82, 2.24) is 4.98 Å². The third-order valence-electron chi connectivity index (χ3n) is 4.94. The van der Waals surface area contributed by atoms with E-state index >= 15 is 0 Å². The van der Waals surface area contributed by atoms with Crippen molar-refractivity contribution in [3.8, 4) is 22.4 Å². The Morgan fingerprint density at radius 3 is 2.18 bits per heavy atom. The molecule has 0 radical (unpaired) electrons. The van der Waals surface area contributed by atoms with E-state index in [-0.39, 0.29) is 0 Å². The van der Waals surface area contributed by atoms with Gasteiger partial charge >= 0.3 is 0 Å². The maximum Gasteiger partial charge on any atom is 0.211 e. The highest BCUT2D eigenvalue weighted by atomic mass is 16.1. The van der Waals surface area contributed by atoms with E-state index in [1.54, 1.807) is 0 Å². The summed E-state index contributed by atoms with van der Waals surface area (Å²) in [6, 6.07) is 26.9. The van der Waals surface area contributed by atoms with Crippen molar-refractivity contribution in [2.24, 2.45) is 0 Å². The van der Waals surface area contributed by atoms with Crippen LogP contribution in [0.25, 0.3) is 33.3 Å². The van der Waals surface area contributed by atoms with Gasteiger partial charge in [0.15, 0.2) is 0 Å². The van der Waals surface area contributed by atoms with Gasteiger partial charge in [0.05, 0.1) is 16.9 Å². The van der Waals surface area contributed by atoms with Gasteiger partial charge in [-0.3, -0.25) is 4.79 Å². The van der Waals surface area contributed by atoms with Gasteiger partial charge in [0, 0.05) is 10.9 Å². The largest absolute Gasteiger partial charge is 0.328 e. The van der Waals surface area contributed by atoms with Gasteiger partial charge in [-0.25, -0.2) is 4.98 Å². The highest BCUT2D eigenvalue weighted by molar-refractivity contribution is 5.97. The van der Waals surface area contributed by atoms with E-state index in [2.05, 4.69) is 60.8 Å². The number of benzene rings is 3. The molecule has 0 saturated heterocycles. The topological polar surface area (TPSA) is 42.0 Å². The molecule has 0 fully saturated rings. The zero-order valence-corrected chi connectivity index (χ0v) is 15.9. The Morgan fingerprint density at radius 2 is 1.50 bits per heavy atom. The van der Waals surface area contributed by atoms with Gasteiger partial charge in [0.1, 0.15) is 0 Å². The highest BCUT2D eigenvalue weighted by Gasteiger charge is 2.08. The van der Waals surface area contributed by atoms with E-state index < -0.39 is 0 Å². The van der Waals surface area contributed by atoms with Gasteiger partial charge < -0.3 is 5.32 Å². The third kappa shape index (κ3) is 3.65. The Kier molecular flexibility index (Phi) is 5.16. The van der Waals surface area contributed by atoms with Crippen molar-refractivity contribution in [3.05, 3.63) is 84.4 Å². The number of fused-ring (bicyclic) bond motifs is 1. The number of anilines is 1. The number of nitrogens with zero attached hydrogens (tertiary/aromatic N) is 1. The van der Waals surface area contributed by atoms with E-state index in [0.717, 1.165) is 40.7 Å². The minimum atomic E-state index is 0.705. The van der Waals surface area contributed by atoms with Crippen LogP contribution in [0.5, 0.6) is 0 Å².